The predicted molar refractivity (Wildman–Crippen MR) is 96.9 cm³/mol. The number of aryl methyl sites for hydroxylation is 1. The number of nitrogens with one attached hydrogen (secondary N) is 1. The van der Waals surface area contributed by atoms with Gasteiger partial charge in [-0.2, -0.15) is 0 Å². The molecule has 136 valence electrons. The molecule has 0 bridgehead atoms. The molecule has 25 heavy (non-hydrogen) atoms. The van der Waals surface area contributed by atoms with Gasteiger partial charge >= 0.3 is 0 Å². The first-order chi connectivity index (χ1) is 11.9. The Morgan fingerprint density at radius 3 is 2.84 bits per heavy atom. The van der Waals surface area contributed by atoms with Crippen molar-refractivity contribution < 1.29 is 13.2 Å². The molecule has 1 aromatic heterocycles. The van der Waals surface area contributed by atoms with E-state index in [1.807, 2.05) is 47.8 Å². The van der Waals surface area contributed by atoms with Crippen molar-refractivity contribution in [2.45, 2.75) is 25.4 Å². The summed E-state index contributed by atoms with van der Waals surface area (Å²) in [7, 11) is 0.919. The lowest BCUT2D eigenvalue weighted by Gasteiger charge is -2.22. The number of fused-ring (bicyclic) bond motifs is 1. The van der Waals surface area contributed by atoms with Crippen molar-refractivity contribution in [1.29, 1.82) is 0 Å². The second-order valence-corrected chi connectivity index (χ2v) is 8.87. The number of sulfone groups is 1. The molecule has 0 radical (unpaired) electrons. The van der Waals surface area contributed by atoms with E-state index in [1.165, 1.54) is 0 Å². The van der Waals surface area contributed by atoms with E-state index in [2.05, 4.69) is 10.3 Å². The van der Waals surface area contributed by atoms with Gasteiger partial charge in [0.15, 0.2) is 9.84 Å². The monoisotopic (exact) mass is 364 g/mol. The molecular formula is C17H24N4O3S. The maximum atomic E-state index is 12.1. The van der Waals surface area contributed by atoms with E-state index >= 15 is 0 Å². The molecule has 1 saturated heterocycles. The highest BCUT2D eigenvalue weighted by atomic mass is 32.2. The first kappa shape index (κ1) is 17.9. The second kappa shape index (κ2) is 7.13. The van der Waals surface area contributed by atoms with Crippen LogP contribution in [0.3, 0.4) is 0 Å². The van der Waals surface area contributed by atoms with E-state index in [1.54, 1.807) is 0 Å². The SMILES string of the molecule is CN(CCC(=O)NCc1nc2ccccc2n1C)C1CCS(=O)(=O)C1. The molecule has 8 heteroatoms. The summed E-state index contributed by atoms with van der Waals surface area (Å²) in [5.41, 5.74) is 1.95. The number of carbonyl (C=O) groups is 1. The van der Waals surface area contributed by atoms with Crippen molar-refractivity contribution in [3.8, 4) is 0 Å². The van der Waals surface area contributed by atoms with Crippen LogP contribution in [0, 0.1) is 0 Å². The molecule has 1 unspecified atom stereocenters. The van der Waals surface area contributed by atoms with Gasteiger partial charge in [0.1, 0.15) is 5.82 Å². The van der Waals surface area contributed by atoms with Crippen LogP contribution in [0.15, 0.2) is 24.3 Å². The second-order valence-electron chi connectivity index (χ2n) is 6.64. The molecule has 1 fully saturated rings. The fraction of sp³-hybridized carbons (Fsp3) is 0.529. The molecule has 1 N–H and O–H groups in total. The van der Waals surface area contributed by atoms with Crippen LogP contribution in [0.1, 0.15) is 18.7 Å². The Balaban J connectivity index is 1.48. The minimum absolute atomic E-state index is 0.0256. The molecule has 0 aliphatic carbocycles. The number of rotatable bonds is 6. The summed E-state index contributed by atoms with van der Waals surface area (Å²) in [4.78, 5) is 18.6. The average Bonchev–Trinajstić information content (AvgIpc) is 3.11. The highest BCUT2D eigenvalue weighted by Crippen LogP contribution is 2.17. The zero-order valence-electron chi connectivity index (χ0n) is 14.6. The van der Waals surface area contributed by atoms with Crippen LogP contribution in [0.25, 0.3) is 11.0 Å². The van der Waals surface area contributed by atoms with Crippen LogP contribution < -0.4 is 5.32 Å². The number of nitrogens with zero attached hydrogens (tertiary/aromatic N) is 3. The highest BCUT2D eigenvalue weighted by molar-refractivity contribution is 7.91. The zero-order valence-corrected chi connectivity index (χ0v) is 15.4. The van der Waals surface area contributed by atoms with Crippen LogP contribution in [0.4, 0.5) is 0 Å². The van der Waals surface area contributed by atoms with Crippen LogP contribution in [0.2, 0.25) is 0 Å². The molecular weight excluding hydrogens is 340 g/mol. The van der Waals surface area contributed by atoms with Gasteiger partial charge in [0, 0.05) is 26.1 Å². The number of benzene rings is 1. The lowest BCUT2D eigenvalue weighted by Crippen LogP contribution is -2.36. The Hall–Kier alpha value is -1.93. The first-order valence-corrected chi connectivity index (χ1v) is 10.3. The Morgan fingerprint density at radius 2 is 2.16 bits per heavy atom. The molecule has 1 atom stereocenters. The largest absolute Gasteiger partial charge is 0.349 e. The summed E-state index contributed by atoms with van der Waals surface area (Å²) in [5, 5.41) is 2.90. The molecule has 1 amide bonds. The fourth-order valence-corrected chi connectivity index (χ4v) is 5.01. The number of aromatic nitrogens is 2. The van der Waals surface area contributed by atoms with Gasteiger partial charge in [-0.15, -0.1) is 0 Å². The number of para-hydroxylation sites is 2. The minimum atomic E-state index is -2.90. The molecule has 1 aliphatic heterocycles. The number of carbonyl (C=O) groups excluding carboxylic acids is 1. The Labute approximate surface area is 147 Å². The van der Waals surface area contributed by atoms with E-state index in [9.17, 15) is 13.2 Å². The van der Waals surface area contributed by atoms with E-state index in [0.29, 0.717) is 25.9 Å². The van der Waals surface area contributed by atoms with Gasteiger partial charge in [0.25, 0.3) is 0 Å². The van der Waals surface area contributed by atoms with Crippen LogP contribution >= 0.6 is 0 Å². The maximum Gasteiger partial charge on any atom is 0.221 e. The maximum absolute atomic E-state index is 12.1. The zero-order chi connectivity index (χ0) is 18.0. The van der Waals surface area contributed by atoms with E-state index in [4.69, 9.17) is 0 Å². The molecule has 2 heterocycles. The van der Waals surface area contributed by atoms with Crippen LogP contribution in [0.5, 0.6) is 0 Å². The average molecular weight is 364 g/mol. The molecule has 1 aromatic carbocycles. The van der Waals surface area contributed by atoms with Gasteiger partial charge in [-0.05, 0) is 25.6 Å². The summed E-state index contributed by atoms with van der Waals surface area (Å²) in [5.74, 6) is 1.20. The number of imidazole rings is 1. The molecule has 1 aliphatic rings. The summed E-state index contributed by atoms with van der Waals surface area (Å²) in [6.07, 6.45) is 0.997. The van der Waals surface area contributed by atoms with E-state index < -0.39 is 9.84 Å². The molecule has 7 nitrogen and oxygen atoms in total. The van der Waals surface area contributed by atoms with Gasteiger partial charge in [-0.25, -0.2) is 13.4 Å². The quantitative estimate of drug-likeness (QED) is 0.816. The lowest BCUT2D eigenvalue weighted by molar-refractivity contribution is -0.121. The van der Waals surface area contributed by atoms with Crippen molar-refractivity contribution in [3.63, 3.8) is 0 Å². The first-order valence-electron chi connectivity index (χ1n) is 8.43. The fourth-order valence-electron chi connectivity index (χ4n) is 3.20. The van der Waals surface area contributed by atoms with E-state index in [-0.39, 0.29) is 23.5 Å². The van der Waals surface area contributed by atoms with Gasteiger partial charge in [0.2, 0.25) is 5.91 Å². The third-order valence-electron chi connectivity index (χ3n) is 4.85. The molecule has 3 rings (SSSR count). The normalized spacial score (nSPS) is 19.6. The standard InChI is InChI=1S/C17H24N4O3S/c1-20(13-8-10-25(23,24)12-13)9-7-17(22)18-11-16-19-14-5-3-4-6-15(14)21(16)2/h3-6,13H,7-12H2,1-2H3,(H,18,22). The third-order valence-corrected chi connectivity index (χ3v) is 6.60. The Bertz CT molecular complexity index is 875. The van der Waals surface area contributed by atoms with Gasteiger partial charge in [-0.3, -0.25) is 4.79 Å². The highest BCUT2D eigenvalue weighted by Gasteiger charge is 2.30. The topological polar surface area (TPSA) is 84.3 Å². The molecule has 0 saturated carbocycles. The summed E-state index contributed by atoms with van der Waals surface area (Å²) >= 11 is 0. The summed E-state index contributed by atoms with van der Waals surface area (Å²) in [6.45, 7) is 0.931. The van der Waals surface area contributed by atoms with Crippen molar-refractivity contribution in [3.05, 3.63) is 30.1 Å². The van der Waals surface area contributed by atoms with E-state index in [0.717, 1.165) is 16.9 Å². The van der Waals surface area contributed by atoms with Crippen LogP contribution in [-0.4, -0.2) is 59.9 Å². The third kappa shape index (κ3) is 4.19. The minimum Gasteiger partial charge on any atom is -0.349 e. The predicted octanol–water partition coefficient (Wildman–Crippen LogP) is 0.698. The van der Waals surface area contributed by atoms with Gasteiger partial charge in [-0.1, -0.05) is 12.1 Å². The van der Waals surface area contributed by atoms with Crippen molar-refractivity contribution >= 4 is 26.8 Å². The summed E-state index contributed by atoms with van der Waals surface area (Å²) < 4.78 is 25.0. The van der Waals surface area contributed by atoms with Gasteiger partial charge < -0.3 is 14.8 Å². The van der Waals surface area contributed by atoms with Crippen molar-refractivity contribution in [1.82, 2.24) is 19.8 Å². The smallest absolute Gasteiger partial charge is 0.221 e. The number of hydrogen-bond acceptors (Lipinski definition) is 5. The number of hydrogen-bond donors (Lipinski definition) is 1. The summed E-state index contributed by atoms with van der Waals surface area (Å²) in [6, 6.07) is 7.88. The van der Waals surface area contributed by atoms with Crippen molar-refractivity contribution in [2.24, 2.45) is 7.05 Å². The molecule has 2 aromatic rings. The number of amides is 1. The van der Waals surface area contributed by atoms with Crippen molar-refractivity contribution in [2.75, 3.05) is 25.1 Å². The Kier molecular flexibility index (Phi) is 5.10. The van der Waals surface area contributed by atoms with Gasteiger partial charge in [0.05, 0.1) is 29.1 Å². The van der Waals surface area contributed by atoms with Crippen LogP contribution in [-0.2, 0) is 28.2 Å². The lowest BCUT2D eigenvalue weighted by atomic mass is 10.2. The molecule has 0 spiro atoms. The Morgan fingerprint density at radius 1 is 1.40 bits per heavy atom.